The smallest absolute Gasteiger partial charge is 0.176 e. The predicted octanol–water partition coefficient (Wildman–Crippen LogP) is 1.46. The third-order valence-corrected chi connectivity index (χ3v) is 2.23. The van der Waals surface area contributed by atoms with Crippen LogP contribution in [0, 0.1) is 11.6 Å². The average molecular weight is 243 g/mol. The third kappa shape index (κ3) is 4.20. The zero-order valence-corrected chi connectivity index (χ0v) is 9.78. The molecule has 0 bridgehead atoms. The minimum Gasteiger partial charge on any atom is -0.392 e. The number of carbonyl (C=O) groups is 1. The van der Waals surface area contributed by atoms with Crippen molar-refractivity contribution >= 4 is 5.78 Å². The average Bonchev–Trinajstić information content (AvgIpc) is 2.20. The first kappa shape index (κ1) is 13.7. The molecule has 0 radical (unpaired) electrons. The maximum Gasteiger partial charge on any atom is 0.176 e. The highest BCUT2D eigenvalue weighted by Gasteiger charge is 2.13. The maximum atomic E-state index is 12.9. The summed E-state index contributed by atoms with van der Waals surface area (Å²) in [5.74, 6) is -2.32. The van der Waals surface area contributed by atoms with Gasteiger partial charge in [-0.15, -0.1) is 0 Å². The number of benzene rings is 1. The standard InChI is InChI=1S/C12H15F2NO2/c1-8(16)6-15(2)7-12(17)9-3-4-10(13)11(14)5-9/h3-5,8,16H,6-7H2,1-2H3. The molecule has 0 aliphatic heterocycles. The maximum absolute atomic E-state index is 12.9. The fourth-order valence-corrected chi connectivity index (χ4v) is 1.52. The van der Waals surface area contributed by atoms with Crippen molar-refractivity contribution in [2.24, 2.45) is 0 Å². The van der Waals surface area contributed by atoms with Gasteiger partial charge in [-0.3, -0.25) is 9.69 Å². The molecule has 1 aromatic carbocycles. The van der Waals surface area contributed by atoms with E-state index >= 15 is 0 Å². The van der Waals surface area contributed by atoms with E-state index in [2.05, 4.69) is 0 Å². The lowest BCUT2D eigenvalue weighted by Gasteiger charge is -2.17. The van der Waals surface area contributed by atoms with Gasteiger partial charge >= 0.3 is 0 Å². The lowest BCUT2D eigenvalue weighted by Crippen LogP contribution is -2.32. The Balaban J connectivity index is 2.66. The number of ketones is 1. The molecule has 0 spiro atoms. The molecule has 0 aliphatic rings. The Bertz CT molecular complexity index is 407. The molecule has 0 aromatic heterocycles. The van der Waals surface area contributed by atoms with Crippen LogP contribution in [0.15, 0.2) is 18.2 Å². The highest BCUT2D eigenvalue weighted by atomic mass is 19.2. The van der Waals surface area contributed by atoms with Crippen molar-refractivity contribution in [1.82, 2.24) is 4.90 Å². The number of halogens is 2. The van der Waals surface area contributed by atoms with Crippen molar-refractivity contribution in [3.63, 3.8) is 0 Å². The molecular formula is C12H15F2NO2. The van der Waals surface area contributed by atoms with Crippen LogP contribution in [0.2, 0.25) is 0 Å². The zero-order valence-electron chi connectivity index (χ0n) is 9.78. The Hall–Kier alpha value is -1.33. The van der Waals surface area contributed by atoms with Gasteiger partial charge in [-0.1, -0.05) is 0 Å². The molecule has 1 atom stereocenters. The normalized spacial score (nSPS) is 12.8. The minimum atomic E-state index is -1.03. The Morgan fingerprint density at radius 1 is 1.41 bits per heavy atom. The van der Waals surface area contributed by atoms with Gasteiger partial charge in [-0.25, -0.2) is 8.78 Å². The van der Waals surface area contributed by atoms with E-state index < -0.39 is 17.7 Å². The first-order valence-corrected chi connectivity index (χ1v) is 5.25. The second-order valence-electron chi connectivity index (χ2n) is 4.10. The van der Waals surface area contributed by atoms with Crippen molar-refractivity contribution in [2.75, 3.05) is 20.1 Å². The van der Waals surface area contributed by atoms with Crippen molar-refractivity contribution in [1.29, 1.82) is 0 Å². The second kappa shape index (κ2) is 5.84. The summed E-state index contributed by atoms with van der Waals surface area (Å²) >= 11 is 0. The lowest BCUT2D eigenvalue weighted by atomic mass is 10.1. The number of nitrogens with zero attached hydrogens (tertiary/aromatic N) is 1. The Labute approximate surface area is 98.7 Å². The van der Waals surface area contributed by atoms with E-state index in [1.54, 1.807) is 18.9 Å². The summed E-state index contributed by atoms with van der Waals surface area (Å²) < 4.78 is 25.6. The summed E-state index contributed by atoms with van der Waals surface area (Å²) in [4.78, 5) is 13.3. The third-order valence-electron chi connectivity index (χ3n) is 2.23. The number of hydrogen-bond acceptors (Lipinski definition) is 3. The van der Waals surface area contributed by atoms with Crippen LogP contribution in [0.25, 0.3) is 0 Å². The molecule has 1 unspecified atom stereocenters. The summed E-state index contributed by atoms with van der Waals surface area (Å²) in [7, 11) is 1.67. The number of aliphatic hydroxyl groups excluding tert-OH is 1. The molecule has 0 amide bonds. The number of Topliss-reactive ketones (excluding diaryl/α,β-unsaturated/α-hetero) is 1. The van der Waals surface area contributed by atoms with Gasteiger partial charge in [-0.2, -0.15) is 0 Å². The molecule has 5 heteroatoms. The van der Waals surface area contributed by atoms with Crippen LogP contribution in [-0.4, -0.2) is 42.0 Å². The van der Waals surface area contributed by atoms with Crippen LogP contribution < -0.4 is 0 Å². The van der Waals surface area contributed by atoms with E-state index in [0.29, 0.717) is 6.54 Å². The van der Waals surface area contributed by atoms with E-state index in [0.717, 1.165) is 12.1 Å². The van der Waals surface area contributed by atoms with Crippen molar-refractivity contribution in [3.8, 4) is 0 Å². The predicted molar refractivity (Wildman–Crippen MR) is 59.9 cm³/mol. The van der Waals surface area contributed by atoms with Crippen molar-refractivity contribution < 1.29 is 18.7 Å². The summed E-state index contributed by atoms with van der Waals surface area (Å²) in [5, 5.41) is 9.12. The van der Waals surface area contributed by atoms with Gasteiger partial charge in [-0.05, 0) is 32.2 Å². The van der Waals surface area contributed by atoms with Gasteiger partial charge in [0.05, 0.1) is 12.6 Å². The van der Waals surface area contributed by atoms with E-state index in [1.807, 2.05) is 0 Å². The monoisotopic (exact) mass is 243 g/mol. The molecule has 17 heavy (non-hydrogen) atoms. The molecule has 0 saturated carbocycles. The van der Waals surface area contributed by atoms with Gasteiger partial charge in [0, 0.05) is 12.1 Å². The zero-order chi connectivity index (χ0) is 13.0. The quantitative estimate of drug-likeness (QED) is 0.796. The molecule has 1 N–H and O–H groups in total. The summed E-state index contributed by atoms with van der Waals surface area (Å²) in [6, 6.07) is 3.06. The number of likely N-dealkylation sites (N-methyl/N-ethyl adjacent to an activating group) is 1. The van der Waals surface area contributed by atoms with E-state index in [-0.39, 0.29) is 17.9 Å². The van der Waals surface area contributed by atoms with Crippen molar-refractivity contribution in [2.45, 2.75) is 13.0 Å². The van der Waals surface area contributed by atoms with Crippen LogP contribution >= 0.6 is 0 Å². The van der Waals surface area contributed by atoms with Crippen LogP contribution in [-0.2, 0) is 0 Å². The summed E-state index contributed by atoms with van der Waals surface area (Å²) in [6.07, 6.45) is -0.544. The lowest BCUT2D eigenvalue weighted by molar-refractivity contribution is 0.0901. The van der Waals surface area contributed by atoms with Crippen molar-refractivity contribution in [3.05, 3.63) is 35.4 Å². The van der Waals surface area contributed by atoms with Gasteiger partial charge in [0.25, 0.3) is 0 Å². The first-order chi connectivity index (χ1) is 7.90. The van der Waals surface area contributed by atoms with Crippen LogP contribution in [0.1, 0.15) is 17.3 Å². The molecule has 0 fully saturated rings. The molecule has 94 valence electrons. The molecule has 0 heterocycles. The number of rotatable bonds is 5. The Kier molecular flexibility index (Phi) is 4.72. The minimum absolute atomic E-state index is 0.0516. The number of aliphatic hydroxyl groups is 1. The Morgan fingerprint density at radius 2 is 2.06 bits per heavy atom. The van der Waals surface area contributed by atoms with Crippen LogP contribution in [0.4, 0.5) is 8.78 Å². The SMILES string of the molecule is CC(O)CN(C)CC(=O)c1ccc(F)c(F)c1. The molecule has 1 rings (SSSR count). The Morgan fingerprint density at radius 3 is 2.59 bits per heavy atom. The van der Waals surface area contributed by atoms with E-state index in [4.69, 9.17) is 5.11 Å². The molecule has 1 aromatic rings. The van der Waals surface area contributed by atoms with Gasteiger partial charge < -0.3 is 5.11 Å². The summed E-state index contributed by atoms with van der Waals surface area (Å²) in [6.45, 7) is 2.00. The second-order valence-corrected chi connectivity index (χ2v) is 4.10. The number of hydrogen-bond donors (Lipinski definition) is 1. The molecule has 3 nitrogen and oxygen atoms in total. The summed E-state index contributed by atoms with van der Waals surface area (Å²) in [5.41, 5.74) is 0.126. The largest absolute Gasteiger partial charge is 0.392 e. The van der Waals surface area contributed by atoms with Gasteiger partial charge in [0.1, 0.15) is 0 Å². The number of carbonyl (C=O) groups excluding carboxylic acids is 1. The first-order valence-electron chi connectivity index (χ1n) is 5.25. The molecule has 0 aliphatic carbocycles. The topological polar surface area (TPSA) is 40.5 Å². The van der Waals surface area contributed by atoms with E-state index in [1.165, 1.54) is 6.07 Å². The highest BCUT2D eigenvalue weighted by molar-refractivity contribution is 5.97. The van der Waals surface area contributed by atoms with Crippen LogP contribution in [0.5, 0.6) is 0 Å². The fraction of sp³-hybridized carbons (Fsp3) is 0.417. The van der Waals surface area contributed by atoms with Crippen LogP contribution in [0.3, 0.4) is 0 Å². The molecule has 0 saturated heterocycles. The fourth-order valence-electron chi connectivity index (χ4n) is 1.52. The molecular weight excluding hydrogens is 228 g/mol. The van der Waals surface area contributed by atoms with Gasteiger partial charge in [0.2, 0.25) is 0 Å². The van der Waals surface area contributed by atoms with E-state index in [9.17, 15) is 13.6 Å². The van der Waals surface area contributed by atoms with Gasteiger partial charge in [0.15, 0.2) is 17.4 Å². The highest BCUT2D eigenvalue weighted by Crippen LogP contribution is 2.09.